The molecule has 0 radical (unpaired) electrons. The summed E-state index contributed by atoms with van der Waals surface area (Å²) < 4.78 is 43.4. The zero-order chi connectivity index (χ0) is 25.0. The van der Waals surface area contributed by atoms with Crippen LogP contribution in [0.2, 0.25) is 0 Å². The third kappa shape index (κ3) is 5.47. The van der Waals surface area contributed by atoms with Gasteiger partial charge in [-0.1, -0.05) is 30.3 Å². The van der Waals surface area contributed by atoms with Gasteiger partial charge in [0.05, 0.1) is 6.61 Å². The van der Waals surface area contributed by atoms with E-state index < -0.39 is 15.9 Å². The summed E-state index contributed by atoms with van der Waals surface area (Å²) in [7, 11) is -0.917. The number of hydrogen-bond donors (Lipinski definition) is 1. The lowest BCUT2D eigenvalue weighted by molar-refractivity contribution is 0.0992. The van der Waals surface area contributed by atoms with Gasteiger partial charge in [0.1, 0.15) is 28.8 Å². The van der Waals surface area contributed by atoms with Gasteiger partial charge in [-0.2, -0.15) is 0 Å². The maximum Gasteiger partial charge on any atom is 0.291 e. The number of carbonyl (C=O) groups excluding carboxylic acids is 1. The van der Waals surface area contributed by atoms with Crippen LogP contribution >= 0.6 is 0 Å². The van der Waals surface area contributed by atoms with Crippen molar-refractivity contribution < 1.29 is 27.1 Å². The number of anilines is 1. The predicted octanol–water partition coefficient (Wildman–Crippen LogP) is 4.91. The molecule has 1 heterocycles. The molecule has 0 spiro atoms. The highest BCUT2D eigenvalue weighted by Gasteiger charge is 2.23. The third-order valence-corrected chi connectivity index (χ3v) is 7.08. The van der Waals surface area contributed by atoms with Crippen molar-refractivity contribution in [3.8, 4) is 11.5 Å². The molecule has 3 aromatic carbocycles. The zero-order valence-corrected chi connectivity index (χ0v) is 20.5. The first-order valence-electron chi connectivity index (χ1n) is 11.0. The molecular weight excluding hydrogens is 468 g/mol. The Hall–Kier alpha value is -3.82. The van der Waals surface area contributed by atoms with E-state index >= 15 is 0 Å². The number of rotatable bonds is 9. The molecule has 0 saturated heterocycles. The van der Waals surface area contributed by atoms with E-state index in [1.54, 1.807) is 25.1 Å². The molecule has 0 fully saturated rings. The topological polar surface area (TPSA) is 98.1 Å². The molecule has 4 rings (SSSR count). The molecule has 35 heavy (non-hydrogen) atoms. The number of hydrogen-bond acceptors (Lipinski definition) is 6. The molecular formula is C26H26N2O6S. The Balaban J connectivity index is 1.45. The molecule has 8 nitrogen and oxygen atoms in total. The summed E-state index contributed by atoms with van der Waals surface area (Å²) in [4.78, 5) is 12.7. The predicted molar refractivity (Wildman–Crippen MR) is 133 cm³/mol. The van der Waals surface area contributed by atoms with Crippen LogP contribution in [0, 0.1) is 0 Å². The normalized spacial score (nSPS) is 11.5. The molecule has 1 aromatic heterocycles. The second-order valence-electron chi connectivity index (χ2n) is 7.90. The van der Waals surface area contributed by atoms with E-state index in [4.69, 9.17) is 13.9 Å². The van der Waals surface area contributed by atoms with Crippen LogP contribution in [0.3, 0.4) is 0 Å². The number of fused-ring (bicyclic) bond motifs is 1. The fraction of sp³-hybridized carbons (Fsp3) is 0.192. The lowest BCUT2D eigenvalue weighted by atomic mass is 10.1. The quantitative estimate of drug-likeness (QED) is 0.355. The summed E-state index contributed by atoms with van der Waals surface area (Å²) in [5, 5.41) is 4.86. The van der Waals surface area contributed by atoms with E-state index in [1.807, 2.05) is 42.5 Å². The SMILES string of the molecule is CCOc1ccc(NC(=O)c2ccc(COc3ccc4ccccc4c3)o2)cc1S(=O)(=O)N(C)C. The first-order chi connectivity index (χ1) is 16.8. The molecule has 0 aliphatic rings. The van der Waals surface area contributed by atoms with E-state index in [2.05, 4.69) is 5.32 Å². The van der Waals surface area contributed by atoms with Crippen molar-refractivity contribution in [3.63, 3.8) is 0 Å². The van der Waals surface area contributed by atoms with Crippen LogP contribution in [0.15, 0.2) is 82.1 Å². The highest BCUT2D eigenvalue weighted by atomic mass is 32.2. The van der Waals surface area contributed by atoms with Crippen LogP contribution in [-0.2, 0) is 16.6 Å². The first kappa shape index (κ1) is 24.3. The minimum Gasteiger partial charge on any atom is -0.492 e. The van der Waals surface area contributed by atoms with Crippen LogP contribution < -0.4 is 14.8 Å². The van der Waals surface area contributed by atoms with Gasteiger partial charge < -0.3 is 19.2 Å². The Labute approximate surface area is 204 Å². The van der Waals surface area contributed by atoms with Crippen molar-refractivity contribution in [1.29, 1.82) is 0 Å². The van der Waals surface area contributed by atoms with Crippen molar-refractivity contribution >= 4 is 32.4 Å². The Morgan fingerprint density at radius 1 is 0.943 bits per heavy atom. The molecule has 0 saturated carbocycles. The number of nitrogens with zero attached hydrogens (tertiary/aromatic N) is 1. The van der Waals surface area contributed by atoms with Gasteiger partial charge in [0.15, 0.2) is 5.76 Å². The number of nitrogens with one attached hydrogen (secondary N) is 1. The van der Waals surface area contributed by atoms with E-state index in [1.165, 1.54) is 26.2 Å². The number of benzene rings is 3. The number of amides is 1. The monoisotopic (exact) mass is 494 g/mol. The van der Waals surface area contributed by atoms with Gasteiger partial charge in [0.25, 0.3) is 5.91 Å². The Morgan fingerprint density at radius 3 is 2.46 bits per heavy atom. The average Bonchev–Trinajstić information content (AvgIpc) is 3.33. The van der Waals surface area contributed by atoms with E-state index in [-0.39, 0.29) is 23.0 Å². The minimum absolute atomic E-state index is 0.0360. The Morgan fingerprint density at radius 2 is 1.71 bits per heavy atom. The number of ether oxygens (including phenoxy) is 2. The number of furan rings is 1. The molecule has 4 aromatic rings. The van der Waals surface area contributed by atoms with Crippen molar-refractivity contribution in [3.05, 3.63) is 84.3 Å². The van der Waals surface area contributed by atoms with Crippen LogP contribution in [0.5, 0.6) is 11.5 Å². The first-order valence-corrected chi connectivity index (χ1v) is 12.4. The minimum atomic E-state index is -3.78. The van der Waals surface area contributed by atoms with E-state index in [0.717, 1.165) is 15.1 Å². The largest absolute Gasteiger partial charge is 0.492 e. The summed E-state index contributed by atoms with van der Waals surface area (Å²) in [5.41, 5.74) is 0.296. The van der Waals surface area contributed by atoms with Crippen molar-refractivity contribution in [2.75, 3.05) is 26.0 Å². The van der Waals surface area contributed by atoms with Crippen LogP contribution in [-0.4, -0.2) is 39.3 Å². The van der Waals surface area contributed by atoms with Gasteiger partial charge in [-0.15, -0.1) is 0 Å². The molecule has 1 N–H and O–H groups in total. The van der Waals surface area contributed by atoms with Gasteiger partial charge >= 0.3 is 0 Å². The van der Waals surface area contributed by atoms with Crippen LogP contribution in [0.25, 0.3) is 10.8 Å². The second-order valence-corrected chi connectivity index (χ2v) is 10.0. The summed E-state index contributed by atoms with van der Waals surface area (Å²) in [5.74, 6) is 0.943. The van der Waals surface area contributed by atoms with Crippen molar-refractivity contribution in [2.24, 2.45) is 0 Å². The van der Waals surface area contributed by atoms with Gasteiger partial charge in [-0.25, -0.2) is 12.7 Å². The number of carbonyl (C=O) groups is 1. The fourth-order valence-electron chi connectivity index (χ4n) is 3.44. The van der Waals surface area contributed by atoms with Gasteiger partial charge in [0, 0.05) is 19.8 Å². The molecule has 0 unspecified atom stereocenters. The van der Waals surface area contributed by atoms with Gasteiger partial charge in [-0.3, -0.25) is 4.79 Å². The van der Waals surface area contributed by atoms with Crippen LogP contribution in [0.1, 0.15) is 23.2 Å². The summed E-state index contributed by atoms with van der Waals surface area (Å²) >= 11 is 0. The Bertz CT molecular complexity index is 1460. The average molecular weight is 495 g/mol. The Kier molecular flexibility index (Phi) is 7.09. The highest BCUT2D eigenvalue weighted by molar-refractivity contribution is 7.89. The van der Waals surface area contributed by atoms with Gasteiger partial charge in [-0.05, 0) is 60.2 Å². The van der Waals surface area contributed by atoms with E-state index in [9.17, 15) is 13.2 Å². The summed E-state index contributed by atoms with van der Waals surface area (Å²) in [6.45, 7) is 2.22. The molecule has 0 aliphatic heterocycles. The smallest absolute Gasteiger partial charge is 0.291 e. The maximum atomic E-state index is 12.7. The molecule has 0 bridgehead atoms. The molecule has 9 heteroatoms. The van der Waals surface area contributed by atoms with Crippen LogP contribution in [0.4, 0.5) is 5.69 Å². The third-order valence-electron chi connectivity index (χ3n) is 5.25. The highest BCUT2D eigenvalue weighted by Crippen LogP contribution is 2.29. The molecule has 0 atom stereocenters. The van der Waals surface area contributed by atoms with E-state index in [0.29, 0.717) is 23.8 Å². The van der Waals surface area contributed by atoms with Gasteiger partial charge in [0.2, 0.25) is 10.0 Å². The second kappa shape index (κ2) is 10.2. The molecule has 182 valence electrons. The van der Waals surface area contributed by atoms with Crippen molar-refractivity contribution in [1.82, 2.24) is 4.31 Å². The fourth-order valence-corrected chi connectivity index (χ4v) is 4.49. The number of sulfonamides is 1. The lowest BCUT2D eigenvalue weighted by Gasteiger charge is -2.16. The van der Waals surface area contributed by atoms with Crippen molar-refractivity contribution in [2.45, 2.75) is 18.4 Å². The summed E-state index contributed by atoms with van der Waals surface area (Å²) in [6.07, 6.45) is 0. The lowest BCUT2D eigenvalue weighted by Crippen LogP contribution is -2.23. The summed E-state index contributed by atoms with van der Waals surface area (Å²) in [6, 6.07) is 21.4. The molecule has 0 aliphatic carbocycles. The molecule has 1 amide bonds. The standard InChI is InChI=1S/C26H26N2O6S/c1-4-32-23-13-10-20(16-25(23)35(30,31)28(2)3)27-26(29)24-14-12-22(34-24)17-33-21-11-9-18-7-5-6-8-19(18)15-21/h5-16H,4,17H2,1-3H3,(H,27,29). The maximum absolute atomic E-state index is 12.7. The zero-order valence-electron chi connectivity index (χ0n) is 19.6.